The fourth-order valence-corrected chi connectivity index (χ4v) is 2.08. The van der Waals surface area contributed by atoms with Crippen molar-refractivity contribution >= 4 is 11.3 Å². The van der Waals surface area contributed by atoms with Crippen molar-refractivity contribution in [3.8, 4) is 0 Å². The molecule has 1 heterocycles. The van der Waals surface area contributed by atoms with Crippen LogP contribution in [0.15, 0.2) is 0 Å². The van der Waals surface area contributed by atoms with Crippen LogP contribution in [0.2, 0.25) is 0 Å². The second-order valence-corrected chi connectivity index (χ2v) is 3.98. The lowest BCUT2D eigenvalue weighted by Crippen LogP contribution is -1.98. The zero-order valence-electron chi connectivity index (χ0n) is 8.33. The first-order valence-corrected chi connectivity index (χ1v) is 5.28. The molecule has 4 heteroatoms. The summed E-state index contributed by atoms with van der Waals surface area (Å²) in [6.07, 6.45) is 0.0917. The normalized spacial score (nSPS) is 13.2. The quantitative estimate of drug-likeness (QED) is 0.808. The van der Waals surface area contributed by atoms with Crippen LogP contribution in [0.5, 0.6) is 0 Å². The van der Waals surface area contributed by atoms with Crippen molar-refractivity contribution in [3.63, 3.8) is 0 Å². The highest BCUT2D eigenvalue weighted by atomic mass is 32.1. The van der Waals surface area contributed by atoms with Crippen molar-refractivity contribution in [2.24, 2.45) is 5.73 Å². The Hall–Kier alpha value is -0.450. The van der Waals surface area contributed by atoms with E-state index in [9.17, 15) is 0 Å². The predicted octanol–water partition coefficient (Wildman–Crippen LogP) is 2.01. The summed E-state index contributed by atoms with van der Waals surface area (Å²) in [6, 6.07) is 0. The number of rotatable bonds is 4. The van der Waals surface area contributed by atoms with Crippen LogP contribution >= 0.6 is 11.3 Å². The fourth-order valence-electron chi connectivity index (χ4n) is 1.14. The van der Waals surface area contributed by atoms with E-state index in [0.717, 1.165) is 22.2 Å². The molecule has 0 aromatic carbocycles. The van der Waals surface area contributed by atoms with Gasteiger partial charge in [-0.05, 0) is 20.8 Å². The molecule has 0 spiro atoms. The molecule has 1 unspecified atom stereocenters. The number of ether oxygens (including phenoxy) is 1. The Morgan fingerprint density at radius 3 is 2.77 bits per heavy atom. The van der Waals surface area contributed by atoms with Crippen LogP contribution in [0.4, 0.5) is 0 Å². The van der Waals surface area contributed by atoms with Gasteiger partial charge >= 0.3 is 0 Å². The summed E-state index contributed by atoms with van der Waals surface area (Å²) in [5, 5.41) is 1.03. The minimum absolute atomic E-state index is 0.0917. The second-order valence-electron chi connectivity index (χ2n) is 2.86. The molecule has 1 aromatic rings. The summed E-state index contributed by atoms with van der Waals surface area (Å²) in [5.41, 5.74) is 6.60. The lowest BCUT2D eigenvalue weighted by atomic mass is 10.4. The molecule has 74 valence electrons. The predicted molar refractivity (Wildman–Crippen MR) is 54.8 cm³/mol. The Morgan fingerprint density at radius 1 is 1.62 bits per heavy atom. The molecular weight excluding hydrogens is 184 g/mol. The molecule has 0 aliphatic rings. The molecule has 0 aliphatic carbocycles. The number of nitrogens with two attached hydrogens (primary N) is 1. The van der Waals surface area contributed by atoms with E-state index in [1.165, 1.54) is 0 Å². The highest BCUT2D eigenvalue weighted by Gasteiger charge is 2.12. The van der Waals surface area contributed by atoms with Gasteiger partial charge in [-0.2, -0.15) is 0 Å². The van der Waals surface area contributed by atoms with Crippen molar-refractivity contribution in [2.45, 2.75) is 33.4 Å². The first-order valence-electron chi connectivity index (χ1n) is 4.46. The smallest absolute Gasteiger partial charge is 0.122 e. The molecule has 1 atom stereocenters. The minimum Gasteiger partial charge on any atom is -0.372 e. The van der Waals surface area contributed by atoms with Gasteiger partial charge in [0.05, 0.1) is 5.69 Å². The Morgan fingerprint density at radius 2 is 2.31 bits per heavy atom. The Bertz CT molecular complexity index is 273. The van der Waals surface area contributed by atoms with Gasteiger partial charge in [0, 0.05) is 18.0 Å². The van der Waals surface area contributed by atoms with Gasteiger partial charge in [0.15, 0.2) is 0 Å². The van der Waals surface area contributed by atoms with E-state index in [-0.39, 0.29) is 6.10 Å². The van der Waals surface area contributed by atoms with Crippen molar-refractivity contribution < 1.29 is 4.74 Å². The van der Waals surface area contributed by atoms with Gasteiger partial charge in [-0.1, -0.05) is 0 Å². The average Bonchev–Trinajstić information content (AvgIpc) is 2.47. The van der Waals surface area contributed by atoms with Crippen LogP contribution in [0.3, 0.4) is 0 Å². The summed E-state index contributed by atoms with van der Waals surface area (Å²) >= 11 is 1.65. The van der Waals surface area contributed by atoms with E-state index in [4.69, 9.17) is 10.5 Å². The molecule has 13 heavy (non-hydrogen) atoms. The molecule has 2 N–H and O–H groups in total. The van der Waals surface area contributed by atoms with Crippen molar-refractivity contribution in [1.29, 1.82) is 0 Å². The van der Waals surface area contributed by atoms with Gasteiger partial charge in [0.25, 0.3) is 0 Å². The van der Waals surface area contributed by atoms with Gasteiger partial charge in [0.1, 0.15) is 11.1 Å². The summed E-state index contributed by atoms with van der Waals surface area (Å²) in [4.78, 5) is 5.57. The third kappa shape index (κ3) is 2.49. The summed E-state index contributed by atoms with van der Waals surface area (Å²) < 4.78 is 5.45. The van der Waals surface area contributed by atoms with E-state index in [1.54, 1.807) is 11.3 Å². The maximum Gasteiger partial charge on any atom is 0.122 e. The molecule has 0 aliphatic heterocycles. The molecule has 0 fully saturated rings. The largest absolute Gasteiger partial charge is 0.372 e. The van der Waals surface area contributed by atoms with Crippen molar-refractivity contribution in [3.05, 3.63) is 15.6 Å². The molecule has 0 amide bonds. The van der Waals surface area contributed by atoms with E-state index in [0.29, 0.717) is 6.54 Å². The molecule has 0 bridgehead atoms. The van der Waals surface area contributed by atoms with Crippen LogP contribution in [-0.2, 0) is 11.3 Å². The average molecular weight is 200 g/mol. The zero-order chi connectivity index (χ0) is 9.84. The second kappa shape index (κ2) is 4.69. The summed E-state index contributed by atoms with van der Waals surface area (Å²) in [5.74, 6) is 0. The Kier molecular flexibility index (Phi) is 3.84. The summed E-state index contributed by atoms with van der Waals surface area (Å²) in [7, 11) is 0. The third-order valence-electron chi connectivity index (χ3n) is 1.86. The SMILES string of the molecule is CCOC(C)c1nc(C)c(CN)s1. The van der Waals surface area contributed by atoms with Gasteiger partial charge < -0.3 is 10.5 Å². The molecule has 1 aromatic heterocycles. The maximum absolute atomic E-state index is 5.57. The molecule has 0 saturated heterocycles. The first kappa shape index (κ1) is 10.6. The Labute approximate surface area is 82.9 Å². The van der Waals surface area contributed by atoms with Crippen molar-refractivity contribution in [1.82, 2.24) is 4.98 Å². The lowest BCUT2D eigenvalue weighted by molar-refractivity contribution is 0.0761. The molecule has 1 rings (SSSR count). The number of hydrogen-bond donors (Lipinski definition) is 1. The zero-order valence-corrected chi connectivity index (χ0v) is 9.15. The van der Waals surface area contributed by atoms with Gasteiger partial charge in [0.2, 0.25) is 0 Å². The minimum atomic E-state index is 0.0917. The maximum atomic E-state index is 5.57. The number of aryl methyl sites for hydroxylation is 1. The third-order valence-corrected chi connectivity index (χ3v) is 3.20. The van der Waals surface area contributed by atoms with Crippen LogP contribution < -0.4 is 5.73 Å². The number of nitrogens with zero attached hydrogens (tertiary/aromatic N) is 1. The number of aromatic nitrogens is 1. The van der Waals surface area contributed by atoms with Crippen molar-refractivity contribution in [2.75, 3.05) is 6.61 Å². The van der Waals surface area contributed by atoms with Crippen LogP contribution in [0.1, 0.15) is 35.5 Å². The molecule has 3 nitrogen and oxygen atoms in total. The molecule has 0 radical (unpaired) electrons. The molecule has 0 saturated carbocycles. The van der Waals surface area contributed by atoms with Crippen LogP contribution in [0.25, 0.3) is 0 Å². The number of thiazole rings is 1. The van der Waals surface area contributed by atoms with E-state index in [2.05, 4.69) is 4.98 Å². The summed E-state index contributed by atoms with van der Waals surface area (Å²) in [6.45, 7) is 7.28. The van der Waals surface area contributed by atoms with Gasteiger partial charge in [-0.15, -0.1) is 11.3 Å². The monoisotopic (exact) mass is 200 g/mol. The van der Waals surface area contributed by atoms with E-state index >= 15 is 0 Å². The first-order chi connectivity index (χ1) is 6.19. The lowest BCUT2D eigenvalue weighted by Gasteiger charge is -2.06. The standard InChI is InChI=1S/C9H16N2OS/c1-4-12-7(3)9-11-6(2)8(5-10)13-9/h7H,4-5,10H2,1-3H3. The van der Waals surface area contributed by atoms with Gasteiger partial charge in [-0.3, -0.25) is 0 Å². The fraction of sp³-hybridized carbons (Fsp3) is 0.667. The van der Waals surface area contributed by atoms with Crippen LogP contribution in [0, 0.1) is 6.92 Å². The highest BCUT2D eigenvalue weighted by Crippen LogP contribution is 2.25. The molecular formula is C9H16N2OS. The van der Waals surface area contributed by atoms with E-state index < -0.39 is 0 Å². The Balaban J connectivity index is 2.77. The highest BCUT2D eigenvalue weighted by molar-refractivity contribution is 7.11. The van der Waals surface area contributed by atoms with E-state index in [1.807, 2.05) is 20.8 Å². The topological polar surface area (TPSA) is 48.1 Å². The van der Waals surface area contributed by atoms with Crippen LogP contribution in [-0.4, -0.2) is 11.6 Å². The number of hydrogen-bond acceptors (Lipinski definition) is 4. The van der Waals surface area contributed by atoms with Gasteiger partial charge in [-0.25, -0.2) is 4.98 Å².